The second-order valence-electron chi connectivity index (χ2n) is 5.32. The molecule has 4 nitrogen and oxygen atoms in total. The molecular weight excluding hydrogens is 236 g/mol. The largest absolute Gasteiger partial charge is 0.381 e. The molecule has 1 fully saturated rings. The second kappa shape index (κ2) is 4.68. The number of nitrogens with zero attached hydrogens (tertiary/aromatic N) is 3. The fourth-order valence-electron chi connectivity index (χ4n) is 3.05. The standard InChI is InChI=1S/C15H20N4/c1-3-11-9-8-10(2)19(11)15-14(16)17-12-6-4-5-7-13(12)18-15/h4-7,10-11H,3,8-9H2,1-2H3,(H2,16,17). The van der Waals surface area contributed by atoms with E-state index in [9.17, 15) is 0 Å². The number of benzene rings is 1. The van der Waals surface area contributed by atoms with E-state index < -0.39 is 0 Å². The SMILES string of the molecule is CCC1CCC(C)N1c1nc2ccccc2nc1N. The van der Waals surface area contributed by atoms with E-state index in [1.54, 1.807) is 0 Å². The van der Waals surface area contributed by atoms with Crippen LogP contribution in [0.25, 0.3) is 11.0 Å². The third kappa shape index (κ3) is 2.01. The van der Waals surface area contributed by atoms with Gasteiger partial charge in [0.2, 0.25) is 0 Å². The first-order valence-corrected chi connectivity index (χ1v) is 7.01. The summed E-state index contributed by atoms with van der Waals surface area (Å²) in [5.74, 6) is 1.40. The number of nitrogens with two attached hydrogens (primary N) is 1. The number of hydrogen-bond donors (Lipinski definition) is 1. The van der Waals surface area contributed by atoms with Gasteiger partial charge in [-0.3, -0.25) is 0 Å². The maximum Gasteiger partial charge on any atom is 0.172 e. The average Bonchev–Trinajstić information content (AvgIpc) is 2.79. The first kappa shape index (κ1) is 12.2. The summed E-state index contributed by atoms with van der Waals surface area (Å²) in [6, 6.07) is 8.92. The monoisotopic (exact) mass is 256 g/mol. The predicted molar refractivity (Wildman–Crippen MR) is 79.2 cm³/mol. The van der Waals surface area contributed by atoms with Crippen LogP contribution in [-0.2, 0) is 0 Å². The van der Waals surface area contributed by atoms with E-state index in [4.69, 9.17) is 10.7 Å². The molecule has 1 aliphatic rings. The second-order valence-corrected chi connectivity index (χ2v) is 5.32. The smallest absolute Gasteiger partial charge is 0.172 e. The fourth-order valence-corrected chi connectivity index (χ4v) is 3.05. The molecule has 2 heterocycles. The third-order valence-electron chi connectivity index (χ3n) is 4.08. The zero-order chi connectivity index (χ0) is 13.4. The Morgan fingerprint density at radius 2 is 1.89 bits per heavy atom. The highest BCUT2D eigenvalue weighted by atomic mass is 15.3. The summed E-state index contributed by atoms with van der Waals surface area (Å²) in [5, 5.41) is 0. The van der Waals surface area contributed by atoms with Crippen molar-refractivity contribution in [3.8, 4) is 0 Å². The van der Waals surface area contributed by atoms with Gasteiger partial charge in [-0.05, 0) is 38.3 Å². The van der Waals surface area contributed by atoms with Gasteiger partial charge in [-0.15, -0.1) is 0 Å². The van der Waals surface area contributed by atoms with Crippen LogP contribution in [-0.4, -0.2) is 22.1 Å². The quantitative estimate of drug-likeness (QED) is 0.897. The van der Waals surface area contributed by atoms with Crippen LogP contribution >= 0.6 is 0 Å². The lowest BCUT2D eigenvalue weighted by molar-refractivity contribution is 0.622. The first-order valence-electron chi connectivity index (χ1n) is 7.01. The van der Waals surface area contributed by atoms with Gasteiger partial charge in [-0.1, -0.05) is 19.1 Å². The molecule has 1 aromatic heterocycles. The lowest BCUT2D eigenvalue weighted by Crippen LogP contribution is -2.35. The van der Waals surface area contributed by atoms with Crippen molar-refractivity contribution in [3.63, 3.8) is 0 Å². The van der Waals surface area contributed by atoms with Crippen LogP contribution in [0.4, 0.5) is 11.6 Å². The van der Waals surface area contributed by atoms with E-state index >= 15 is 0 Å². The van der Waals surface area contributed by atoms with Gasteiger partial charge in [0.25, 0.3) is 0 Å². The molecule has 19 heavy (non-hydrogen) atoms. The van der Waals surface area contributed by atoms with Crippen LogP contribution in [0, 0.1) is 0 Å². The maximum atomic E-state index is 6.13. The molecule has 0 aliphatic carbocycles. The number of para-hydroxylation sites is 2. The molecule has 2 aromatic rings. The molecule has 0 radical (unpaired) electrons. The number of nitrogen functional groups attached to an aromatic ring is 1. The van der Waals surface area contributed by atoms with Gasteiger partial charge in [-0.25, -0.2) is 9.97 Å². The molecule has 3 rings (SSSR count). The summed E-state index contributed by atoms with van der Waals surface area (Å²) < 4.78 is 0. The van der Waals surface area contributed by atoms with E-state index in [-0.39, 0.29) is 0 Å². The minimum atomic E-state index is 0.489. The van der Waals surface area contributed by atoms with Crippen molar-refractivity contribution < 1.29 is 0 Å². The molecule has 1 aromatic carbocycles. The summed E-state index contributed by atoms with van der Waals surface area (Å²) in [5.41, 5.74) is 7.91. The first-order chi connectivity index (χ1) is 9.20. The van der Waals surface area contributed by atoms with Gasteiger partial charge in [0.05, 0.1) is 11.0 Å². The number of aromatic nitrogens is 2. The van der Waals surface area contributed by atoms with Gasteiger partial charge >= 0.3 is 0 Å². The van der Waals surface area contributed by atoms with E-state index in [1.165, 1.54) is 12.8 Å². The Kier molecular flexibility index (Phi) is 3.01. The number of rotatable bonds is 2. The molecule has 0 saturated carbocycles. The molecule has 0 bridgehead atoms. The maximum absolute atomic E-state index is 6.13. The highest BCUT2D eigenvalue weighted by Gasteiger charge is 2.32. The van der Waals surface area contributed by atoms with Crippen LogP contribution in [0.2, 0.25) is 0 Å². The molecule has 0 spiro atoms. The Hall–Kier alpha value is -1.84. The van der Waals surface area contributed by atoms with Crippen molar-refractivity contribution in [1.82, 2.24) is 9.97 Å². The summed E-state index contributed by atoms with van der Waals surface area (Å²) >= 11 is 0. The molecule has 1 aliphatic heterocycles. The number of fused-ring (bicyclic) bond motifs is 1. The zero-order valence-electron chi connectivity index (χ0n) is 11.5. The van der Waals surface area contributed by atoms with Crippen LogP contribution in [0.3, 0.4) is 0 Å². The lowest BCUT2D eigenvalue weighted by Gasteiger charge is -2.29. The summed E-state index contributed by atoms with van der Waals surface area (Å²) in [6.07, 6.45) is 3.54. The minimum Gasteiger partial charge on any atom is -0.381 e. The molecular formula is C15H20N4. The normalized spacial score (nSPS) is 23.2. The Morgan fingerprint density at radius 1 is 1.21 bits per heavy atom. The summed E-state index contributed by atoms with van der Waals surface area (Å²) in [6.45, 7) is 4.46. The molecule has 2 atom stereocenters. The topological polar surface area (TPSA) is 55.0 Å². The Morgan fingerprint density at radius 3 is 2.58 bits per heavy atom. The van der Waals surface area contributed by atoms with Crippen molar-refractivity contribution in [3.05, 3.63) is 24.3 Å². The van der Waals surface area contributed by atoms with E-state index in [0.717, 1.165) is 23.3 Å². The Bertz CT molecular complexity index is 596. The minimum absolute atomic E-state index is 0.489. The average molecular weight is 256 g/mol. The Balaban J connectivity index is 2.11. The van der Waals surface area contributed by atoms with Gasteiger partial charge in [0.15, 0.2) is 11.6 Å². The molecule has 2 unspecified atom stereocenters. The van der Waals surface area contributed by atoms with Crippen LogP contribution in [0.15, 0.2) is 24.3 Å². The van der Waals surface area contributed by atoms with Gasteiger partial charge in [-0.2, -0.15) is 0 Å². The Labute approximate surface area is 113 Å². The van der Waals surface area contributed by atoms with Crippen molar-refractivity contribution in [1.29, 1.82) is 0 Å². The number of anilines is 2. The van der Waals surface area contributed by atoms with Gasteiger partial charge in [0, 0.05) is 12.1 Å². The molecule has 0 amide bonds. The molecule has 4 heteroatoms. The third-order valence-corrected chi connectivity index (χ3v) is 4.08. The van der Waals surface area contributed by atoms with Crippen molar-refractivity contribution in [2.24, 2.45) is 0 Å². The number of hydrogen-bond acceptors (Lipinski definition) is 4. The fraction of sp³-hybridized carbons (Fsp3) is 0.467. The lowest BCUT2D eigenvalue weighted by atomic mass is 10.1. The van der Waals surface area contributed by atoms with Crippen LogP contribution in [0.5, 0.6) is 0 Å². The zero-order valence-corrected chi connectivity index (χ0v) is 11.5. The van der Waals surface area contributed by atoms with Gasteiger partial charge in [0.1, 0.15) is 0 Å². The summed E-state index contributed by atoms with van der Waals surface area (Å²) in [7, 11) is 0. The van der Waals surface area contributed by atoms with E-state index in [1.807, 2.05) is 24.3 Å². The summed E-state index contributed by atoms with van der Waals surface area (Å²) in [4.78, 5) is 11.6. The van der Waals surface area contributed by atoms with Gasteiger partial charge < -0.3 is 10.6 Å². The molecule has 100 valence electrons. The van der Waals surface area contributed by atoms with E-state index in [0.29, 0.717) is 17.9 Å². The highest BCUT2D eigenvalue weighted by molar-refractivity contribution is 5.80. The van der Waals surface area contributed by atoms with Crippen LogP contribution in [0.1, 0.15) is 33.1 Å². The molecule has 2 N–H and O–H groups in total. The van der Waals surface area contributed by atoms with Crippen molar-refractivity contribution in [2.45, 2.75) is 45.2 Å². The predicted octanol–water partition coefficient (Wildman–Crippen LogP) is 2.98. The highest BCUT2D eigenvalue weighted by Crippen LogP contribution is 2.34. The van der Waals surface area contributed by atoms with Crippen LogP contribution < -0.4 is 10.6 Å². The van der Waals surface area contributed by atoms with Crippen molar-refractivity contribution >= 4 is 22.7 Å². The van der Waals surface area contributed by atoms with E-state index in [2.05, 4.69) is 23.7 Å². The molecule has 1 saturated heterocycles. The van der Waals surface area contributed by atoms with Crippen molar-refractivity contribution in [2.75, 3.05) is 10.6 Å².